The minimum Gasteiger partial charge on any atom is -0.464 e. The Hall–Kier alpha value is -3.26. The van der Waals surface area contributed by atoms with Crippen LogP contribution in [0.4, 0.5) is 5.69 Å². The van der Waals surface area contributed by atoms with E-state index in [1.807, 2.05) is 12.1 Å². The molecule has 142 valence electrons. The number of esters is 1. The molecule has 1 amide bonds. The summed E-state index contributed by atoms with van der Waals surface area (Å²) in [6, 6.07) is 10.8. The molecule has 0 aliphatic carbocycles. The molecule has 0 saturated heterocycles. The maximum atomic E-state index is 12.5. The van der Waals surface area contributed by atoms with E-state index in [2.05, 4.69) is 32.9 Å². The molecule has 0 radical (unpaired) electrons. The summed E-state index contributed by atoms with van der Waals surface area (Å²) in [5.41, 5.74) is 4.06. The van der Waals surface area contributed by atoms with Crippen molar-refractivity contribution in [1.82, 2.24) is 15.3 Å². The number of aromatic nitrogens is 2. The number of pyridine rings is 1. The number of carbonyl (C=O) groups is 2. The molecule has 7 nitrogen and oxygen atoms in total. The summed E-state index contributed by atoms with van der Waals surface area (Å²) in [5, 5.41) is 9.35. The van der Waals surface area contributed by atoms with Gasteiger partial charge in [0.05, 0.1) is 24.4 Å². The van der Waals surface area contributed by atoms with Crippen molar-refractivity contribution in [3.63, 3.8) is 0 Å². The van der Waals surface area contributed by atoms with Crippen molar-refractivity contribution in [3.05, 3.63) is 64.8 Å². The van der Waals surface area contributed by atoms with Gasteiger partial charge in [0.1, 0.15) is 11.3 Å². The number of fused-ring (bicyclic) bond motifs is 1. The molecule has 1 aromatic carbocycles. The fourth-order valence-corrected chi connectivity index (χ4v) is 3.66. The Morgan fingerprint density at radius 3 is 2.68 bits per heavy atom. The molecule has 28 heavy (non-hydrogen) atoms. The number of methoxy groups -OCH3 is 1. The highest BCUT2D eigenvalue weighted by molar-refractivity contribution is 8.03. The summed E-state index contributed by atoms with van der Waals surface area (Å²) < 4.78 is 4.69. The molecule has 0 bridgehead atoms. The molecular formula is C20H18N4O3S. The molecule has 0 saturated carbocycles. The van der Waals surface area contributed by atoms with Crippen LogP contribution in [-0.2, 0) is 4.74 Å². The van der Waals surface area contributed by atoms with Crippen molar-refractivity contribution in [2.75, 3.05) is 12.4 Å². The molecule has 3 heterocycles. The van der Waals surface area contributed by atoms with Gasteiger partial charge in [-0.25, -0.2) is 9.78 Å². The number of benzene rings is 1. The summed E-state index contributed by atoms with van der Waals surface area (Å²) in [5.74, 6) is -0.698. The van der Waals surface area contributed by atoms with Crippen LogP contribution < -0.4 is 10.6 Å². The highest BCUT2D eigenvalue weighted by Crippen LogP contribution is 2.27. The first-order valence-electron chi connectivity index (χ1n) is 8.64. The third-order valence-corrected chi connectivity index (χ3v) is 5.24. The van der Waals surface area contributed by atoms with E-state index in [1.165, 1.54) is 13.3 Å². The standard InChI is InChI=1S/C20H18N4O3S/c1-11-22-17(10-28-11)12-3-5-13(6-4-12)19(25)23-15-7-14-8-16(20(26)27-2)24-18(14)21-9-15/h3-11,22H,1-2H3,(H,21,24)(H,23,25). The first kappa shape index (κ1) is 18.1. The van der Waals surface area contributed by atoms with Gasteiger partial charge in [-0.15, -0.1) is 11.8 Å². The number of hydrogen-bond donors (Lipinski definition) is 3. The van der Waals surface area contributed by atoms with Gasteiger partial charge in [-0.3, -0.25) is 4.79 Å². The smallest absolute Gasteiger partial charge is 0.354 e. The topological polar surface area (TPSA) is 96.1 Å². The number of nitrogens with zero attached hydrogens (tertiary/aromatic N) is 1. The van der Waals surface area contributed by atoms with Gasteiger partial charge in [0.2, 0.25) is 0 Å². The van der Waals surface area contributed by atoms with Crippen LogP contribution in [0.5, 0.6) is 0 Å². The molecule has 4 rings (SSSR count). The average molecular weight is 394 g/mol. The zero-order valence-corrected chi connectivity index (χ0v) is 16.1. The molecule has 1 atom stereocenters. The number of H-pyrrole nitrogens is 1. The number of carbonyl (C=O) groups excluding carboxylic acids is 2. The number of aromatic amines is 1. The van der Waals surface area contributed by atoms with Crippen LogP contribution >= 0.6 is 11.8 Å². The number of nitrogens with one attached hydrogen (secondary N) is 3. The van der Waals surface area contributed by atoms with Crippen molar-refractivity contribution < 1.29 is 14.3 Å². The van der Waals surface area contributed by atoms with E-state index in [1.54, 1.807) is 36.0 Å². The third-order valence-electron chi connectivity index (χ3n) is 4.34. The van der Waals surface area contributed by atoms with Crippen LogP contribution in [0.3, 0.4) is 0 Å². The summed E-state index contributed by atoms with van der Waals surface area (Å²) in [4.78, 5) is 31.3. The van der Waals surface area contributed by atoms with Gasteiger partial charge in [0, 0.05) is 16.6 Å². The molecule has 3 aromatic rings. The van der Waals surface area contributed by atoms with Crippen molar-refractivity contribution >= 4 is 46.1 Å². The highest BCUT2D eigenvalue weighted by Gasteiger charge is 2.15. The first-order chi connectivity index (χ1) is 13.5. The van der Waals surface area contributed by atoms with Gasteiger partial charge in [0.25, 0.3) is 5.91 Å². The SMILES string of the molecule is COC(=O)c1cc2cc(NC(=O)c3ccc(C4=CSC(C)N4)cc3)cnc2[nH]1. The lowest BCUT2D eigenvalue weighted by atomic mass is 10.1. The number of anilines is 1. The monoisotopic (exact) mass is 394 g/mol. The van der Waals surface area contributed by atoms with E-state index in [4.69, 9.17) is 4.74 Å². The number of hydrogen-bond acceptors (Lipinski definition) is 6. The molecule has 1 aliphatic heterocycles. The van der Waals surface area contributed by atoms with Crippen LogP contribution in [0.2, 0.25) is 0 Å². The average Bonchev–Trinajstić information content (AvgIpc) is 3.33. The molecule has 8 heteroatoms. The largest absolute Gasteiger partial charge is 0.464 e. The van der Waals surface area contributed by atoms with Gasteiger partial charge in [-0.05, 0) is 42.2 Å². The van der Waals surface area contributed by atoms with E-state index in [0.29, 0.717) is 33.4 Å². The fourth-order valence-electron chi connectivity index (χ4n) is 2.92. The summed E-state index contributed by atoms with van der Waals surface area (Å²) >= 11 is 1.73. The maximum absolute atomic E-state index is 12.5. The number of rotatable bonds is 4. The lowest BCUT2D eigenvalue weighted by Crippen LogP contribution is -2.15. The van der Waals surface area contributed by atoms with Crippen molar-refractivity contribution in [2.24, 2.45) is 0 Å². The number of thioether (sulfide) groups is 1. The van der Waals surface area contributed by atoms with Crippen LogP contribution in [0.1, 0.15) is 33.3 Å². The van der Waals surface area contributed by atoms with Crippen LogP contribution in [0, 0.1) is 0 Å². The summed E-state index contributed by atoms with van der Waals surface area (Å²) in [6.45, 7) is 2.10. The van der Waals surface area contributed by atoms with E-state index >= 15 is 0 Å². The van der Waals surface area contributed by atoms with E-state index in [0.717, 1.165) is 11.3 Å². The van der Waals surface area contributed by atoms with Crippen LogP contribution in [0.15, 0.2) is 48.0 Å². The summed E-state index contributed by atoms with van der Waals surface area (Å²) in [7, 11) is 1.32. The maximum Gasteiger partial charge on any atom is 0.354 e. The predicted octanol–water partition coefficient (Wildman–Crippen LogP) is 3.58. The van der Waals surface area contributed by atoms with Gasteiger partial charge < -0.3 is 20.4 Å². The second kappa shape index (κ2) is 7.40. The molecule has 0 spiro atoms. The first-order valence-corrected chi connectivity index (χ1v) is 9.59. The van der Waals surface area contributed by atoms with Crippen LogP contribution in [0.25, 0.3) is 16.7 Å². The Morgan fingerprint density at radius 2 is 2.00 bits per heavy atom. The minimum absolute atomic E-state index is 0.229. The molecule has 1 unspecified atom stereocenters. The Kier molecular flexibility index (Phi) is 4.79. The zero-order valence-electron chi connectivity index (χ0n) is 15.3. The molecular weight excluding hydrogens is 376 g/mol. The number of amides is 1. The second-order valence-corrected chi connectivity index (χ2v) is 7.54. The Labute approximate surface area is 165 Å². The Bertz CT molecular complexity index is 1090. The summed E-state index contributed by atoms with van der Waals surface area (Å²) in [6.07, 6.45) is 1.54. The highest BCUT2D eigenvalue weighted by atomic mass is 32.2. The molecule has 3 N–H and O–H groups in total. The lowest BCUT2D eigenvalue weighted by molar-refractivity contribution is 0.0595. The van der Waals surface area contributed by atoms with Gasteiger partial charge in [-0.2, -0.15) is 0 Å². The Morgan fingerprint density at radius 1 is 1.21 bits per heavy atom. The fraction of sp³-hybridized carbons (Fsp3) is 0.150. The normalized spacial score (nSPS) is 15.8. The molecule has 0 fully saturated rings. The quantitative estimate of drug-likeness (QED) is 0.586. The van der Waals surface area contributed by atoms with Gasteiger partial charge in [0.15, 0.2) is 0 Å². The molecule has 2 aromatic heterocycles. The second-order valence-electron chi connectivity index (χ2n) is 6.32. The van der Waals surface area contributed by atoms with Crippen molar-refractivity contribution in [2.45, 2.75) is 12.3 Å². The zero-order chi connectivity index (χ0) is 19.7. The van der Waals surface area contributed by atoms with Crippen LogP contribution in [-0.4, -0.2) is 34.3 Å². The van der Waals surface area contributed by atoms with Gasteiger partial charge >= 0.3 is 5.97 Å². The van der Waals surface area contributed by atoms with E-state index in [9.17, 15) is 9.59 Å². The van der Waals surface area contributed by atoms with Crippen molar-refractivity contribution in [1.29, 1.82) is 0 Å². The van der Waals surface area contributed by atoms with Gasteiger partial charge in [-0.1, -0.05) is 12.1 Å². The van der Waals surface area contributed by atoms with E-state index < -0.39 is 5.97 Å². The number of ether oxygens (including phenoxy) is 1. The van der Waals surface area contributed by atoms with Crippen molar-refractivity contribution in [3.8, 4) is 0 Å². The minimum atomic E-state index is -0.469. The third kappa shape index (κ3) is 3.59. The Balaban J connectivity index is 1.49. The molecule has 1 aliphatic rings. The van der Waals surface area contributed by atoms with E-state index in [-0.39, 0.29) is 5.91 Å². The predicted molar refractivity (Wildman–Crippen MR) is 110 cm³/mol. The lowest BCUT2D eigenvalue weighted by Gasteiger charge is -2.09.